The van der Waals surface area contributed by atoms with Gasteiger partial charge in [-0.2, -0.15) is 5.10 Å². The minimum Gasteiger partial charge on any atom is -0.361 e. The SMILES string of the molecule is Cn1ccnc(NCc2ccccc2-n2cccn2)c1=O. The molecule has 0 amide bonds. The van der Waals surface area contributed by atoms with Crippen LogP contribution in [0, 0.1) is 0 Å². The molecule has 1 N–H and O–H groups in total. The van der Waals surface area contributed by atoms with E-state index < -0.39 is 0 Å². The van der Waals surface area contributed by atoms with E-state index in [-0.39, 0.29) is 5.56 Å². The van der Waals surface area contributed by atoms with E-state index in [9.17, 15) is 4.79 Å². The van der Waals surface area contributed by atoms with Crippen molar-refractivity contribution in [1.82, 2.24) is 19.3 Å². The molecule has 2 aromatic heterocycles. The lowest BCUT2D eigenvalue weighted by atomic mass is 10.2. The van der Waals surface area contributed by atoms with Gasteiger partial charge in [0.25, 0.3) is 5.56 Å². The van der Waals surface area contributed by atoms with Crippen LogP contribution in [0.25, 0.3) is 5.69 Å². The highest BCUT2D eigenvalue weighted by molar-refractivity contribution is 5.43. The first kappa shape index (κ1) is 13.1. The summed E-state index contributed by atoms with van der Waals surface area (Å²) >= 11 is 0. The molecule has 0 spiro atoms. The Kier molecular flexibility index (Phi) is 3.51. The summed E-state index contributed by atoms with van der Waals surface area (Å²) in [4.78, 5) is 16.0. The predicted molar refractivity (Wildman–Crippen MR) is 80.4 cm³/mol. The summed E-state index contributed by atoms with van der Waals surface area (Å²) in [5.41, 5.74) is 1.87. The molecule has 21 heavy (non-hydrogen) atoms. The van der Waals surface area contributed by atoms with Crippen LogP contribution >= 0.6 is 0 Å². The fourth-order valence-corrected chi connectivity index (χ4v) is 2.09. The van der Waals surface area contributed by atoms with Crippen LogP contribution in [0.3, 0.4) is 0 Å². The molecule has 1 aromatic carbocycles. The minimum atomic E-state index is -0.144. The molecule has 2 heterocycles. The van der Waals surface area contributed by atoms with Crippen molar-refractivity contribution in [2.24, 2.45) is 7.05 Å². The number of hydrogen-bond donors (Lipinski definition) is 1. The van der Waals surface area contributed by atoms with Crippen molar-refractivity contribution in [1.29, 1.82) is 0 Å². The van der Waals surface area contributed by atoms with Crippen molar-refractivity contribution in [3.05, 3.63) is 71.0 Å². The van der Waals surface area contributed by atoms with Crippen LogP contribution in [0.5, 0.6) is 0 Å². The van der Waals surface area contributed by atoms with E-state index in [0.29, 0.717) is 12.4 Å². The first-order valence-electron chi connectivity index (χ1n) is 6.59. The number of benzene rings is 1. The standard InChI is InChI=1S/C15H15N5O/c1-19-10-8-16-14(15(19)21)17-11-12-5-2-3-6-13(12)20-9-4-7-18-20/h2-10H,11H2,1H3,(H,16,17). The van der Waals surface area contributed by atoms with Crippen LogP contribution in [0.4, 0.5) is 5.82 Å². The molecule has 0 aliphatic carbocycles. The van der Waals surface area contributed by atoms with Crippen molar-refractivity contribution in [3.63, 3.8) is 0 Å². The topological polar surface area (TPSA) is 64.7 Å². The molecule has 106 valence electrons. The first-order valence-corrected chi connectivity index (χ1v) is 6.59. The molecule has 0 unspecified atom stereocenters. The summed E-state index contributed by atoms with van der Waals surface area (Å²) in [7, 11) is 1.70. The molecule has 6 nitrogen and oxygen atoms in total. The van der Waals surface area contributed by atoms with E-state index in [2.05, 4.69) is 15.4 Å². The van der Waals surface area contributed by atoms with Crippen LogP contribution in [-0.2, 0) is 13.6 Å². The lowest BCUT2D eigenvalue weighted by molar-refractivity contribution is 0.835. The highest BCUT2D eigenvalue weighted by Gasteiger charge is 2.06. The quantitative estimate of drug-likeness (QED) is 0.788. The number of aromatic nitrogens is 4. The molecular weight excluding hydrogens is 266 g/mol. The van der Waals surface area contributed by atoms with Crippen molar-refractivity contribution in [2.75, 3.05) is 5.32 Å². The molecule has 0 atom stereocenters. The van der Waals surface area contributed by atoms with Gasteiger partial charge in [-0.25, -0.2) is 9.67 Å². The maximum atomic E-state index is 11.9. The van der Waals surface area contributed by atoms with Gasteiger partial charge >= 0.3 is 0 Å². The Hall–Kier alpha value is -2.89. The summed E-state index contributed by atoms with van der Waals surface area (Å²) in [6.07, 6.45) is 6.85. The zero-order chi connectivity index (χ0) is 14.7. The molecule has 0 saturated heterocycles. The van der Waals surface area contributed by atoms with E-state index in [1.807, 2.05) is 36.5 Å². The highest BCUT2D eigenvalue weighted by Crippen LogP contribution is 2.14. The Balaban J connectivity index is 1.86. The Morgan fingerprint density at radius 1 is 1.14 bits per heavy atom. The molecule has 6 heteroatoms. The molecule has 0 aliphatic rings. The molecule has 0 saturated carbocycles. The number of hydrogen-bond acceptors (Lipinski definition) is 4. The van der Waals surface area contributed by atoms with Crippen molar-refractivity contribution in [3.8, 4) is 5.69 Å². The van der Waals surface area contributed by atoms with Gasteiger partial charge in [-0.15, -0.1) is 0 Å². The monoisotopic (exact) mass is 281 g/mol. The van der Waals surface area contributed by atoms with Gasteiger partial charge in [0.1, 0.15) is 0 Å². The van der Waals surface area contributed by atoms with Gasteiger partial charge in [-0.05, 0) is 17.7 Å². The number of para-hydroxylation sites is 1. The number of nitrogens with zero attached hydrogens (tertiary/aromatic N) is 4. The van der Waals surface area contributed by atoms with E-state index in [1.165, 1.54) is 4.57 Å². The molecular formula is C15H15N5O. The molecule has 0 bridgehead atoms. The van der Waals surface area contributed by atoms with Crippen LogP contribution in [0.1, 0.15) is 5.56 Å². The van der Waals surface area contributed by atoms with E-state index in [1.54, 1.807) is 30.3 Å². The fraction of sp³-hybridized carbons (Fsp3) is 0.133. The summed E-state index contributed by atoms with van der Waals surface area (Å²) in [6, 6.07) is 9.78. The van der Waals surface area contributed by atoms with E-state index in [4.69, 9.17) is 0 Å². The second kappa shape index (κ2) is 5.62. The van der Waals surface area contributed by atoms with Gasteiger partial charge in [0.2, 0.25) is 0 Å². The van der Waals surface area contributed by atoms with Gasteiger partial charge in [-0.1, -0.05) is 18.2 Å². The number of aryl methyl sites for hydroxylation is 1. The minimum absolute atomic E-state index is 0.144. The first-order chi connectivity index (χ1) is 10.3. The zero-order valence-electron chi connectivity index (χ0n) is 11.6. The summed E-state index contributed by atoms with van der Waals surface area (Å²) in [6.45, 7) is 0.502. The normalized spacial score (nSPS) is 10.5. The second-order valence-corrected chi connectivity index (χ2v) is 4.62. The third-order valence-electron chi connectivity index (χ3n) is 3.21. The summed E-state index contributed by atoms with van der Waals surface area (Å²) in [5.74, 6) is 0.343. The van der Waals surface area contributed by atoms with Crippen LogP contribution < -0.4 is 10.9 Å². The van der Waals surface area contributed by atoms with Crippen molar-refractivity contribution < 1.29 is 0 Å². The average molecular weight is 281 g/mol. The number of anilines is 1. The summed E-state index contributed by atoms with van der Waals surface area (Å²) in [5, 5.41) is 7.33. The highest BCUT2D eigenvalue weighted by atomic mass is 16.1. The van der Waals surface area contributed by atoms with E-state index in [0.717, 1.165) is 11.3 Å². The van der Waals surface area contributed by atoms with Crippen LogP contribution in [0.15, 0.2) is 59.9 Å². The Morgan fingerprint density at radius 3 is 2.81 bits per heavy atom. The molecule has 0 radical (unpaired) electrons. The predicted octanol–water partition coefficient (Wildman–Crippen LogP) is 1.58. The summed E-state index contributed by atoms with van der Waals surface area (Å²) < 4.78 is 3.29. The Morgan fingerprint density at radius 2 is 2.00 bits per heavy atom. The lowest BCUT2D eigenvalue weighted by Gasteiger charge is -2.11. The third kappa shape index (κ3) is 2.69. The van der Waals surface area contributed by atoms with Crippen molar-refractivity contribution >= 4 is 5.82 Å². The van der Waals surface area contributed by atoms with Gasteiger partial charge < -0.3 is 9.88 Å². The Labute approximate surface area is 121 Å². The Bertz CT molecular complexity index is 792. The van der Waals surface area contributed by atoms with Crippen molar-refractivity contribution in [2.45, 2.75) is 6.54 Å². The molecule has 3 aromatic rings. The van der Waals surface area contributed by atoms with Gasteiger partial charge in [0, 0.05) is 38.4 Å². The maximum Gasteiger partial charge on any atom is 0.293 e. The van der Waals surface area contributed by atoms with Gasteiger partial charge in [0.15, 0.2) is 5.82 Å². The molecule has 0 fully saturated rings. The lowest BCUT2D eigenvalue weighted by Crippen LogP contribution is -2.22. The van der Waals surface area contributed by atoms with Crippen LogP contribution in [0.2, 0.25) is 0 Å². The molecule has 0 aliphatic heterocycles. The zero-order valence-corrected chi connectivity index (χ0v) is 11.6. The fourth-order valence-electron chi connectivity index (χ4n) is 2.09. The second-order valence-electron chi connectivity index (χ2n) is 4.62. The number of rotatable bonds is 4. The average Bonchev–Trinajstić information content (AvgIpc) is 3.03. The van der Waals surface area contributed by atoms with Gasteiger partial charge in [0.05, 0.1) is 5.69 Å². The van der Waals surface area contributed by atoms with Gasteiger partial charge in [-0.3, -0.25) is 4.79 Å². The maximum absolute atomic E-state index is 11.9. The van der Waals surface area contributed by atoms with E-state index >= 15 is 0 Å². The number of nitrogens with one attached hydrogen (secondary N) is 1. The third-order valence-corrected chi connectivity index (χ3v) is 3.21. The van der Waals surface area contributed by atoms with Crippen LogP contribution in [-0.4, -0.2) is 19.3 Å². The molecule has 3 rings (SSSR count). The smallest absolute Gasteiger partial charge is 0.293 e. The largest absolute Gasteiger partial charge is 0.361 e.